The number of aromatic nitrogens is 3. The lowest BCUT2D eigenvalue weighted by Crippen LogP contribution is -2.46. The quantitative estimate of drug-likeness (QED) is 0.874. The summed E-state index contributed by atoms with van der Waals surface area (Å²) in [6.45, 7) is 5.56. The maximum absolute atomic E-state index is 13.1. The molecule has 2 aliphatic heterocycles. The van der Waals surface area contributed by atoms with Gasteiger partial charge in [0.1, 0.15) is 6.33 Å². The highest BCUT2D eigenvalue weighted by molar-refractivity contribution is 5.94. The number of nitrogens with one attached hydrogen (secondary N) is 1. The number of piperidine rings is 1. The van der Waals surface area contributed by atoms with Crippen molar-refractivity contribution in [2.45, 2.75) is 31.7 Å². The third-order valence-corrected chi connectivity index (χ3v) is 5.59. The van der Waals surface area contributed by atoms with Crippen LogP contribution in [0.15, 0.2) is 30.6 Å². The molecule has 2 fully saturated rings. The van der Waals surface area contributed by atoms with E-state index in [2.05, 4.69) is 25.0 Å². The summed E-state index contributed by atoms with van der Waals surface area (Å²) in [5.41, 5.74) is 1.68. The summed E-state index contributed by atoms with van der Waals surface area (Å²) in [5.74, 6) is 0.862. The lowest BCUT2D eigenvalue weighted by molar-refractivity contribution is 0.0296. The second kappa shape index (κ2) is 8.63. The second-order valence-corrected chi connectivity index (χ2v) is 7.30. The van der Waals surface area contributed by atoms with E-state index in [9.17, 15) is 4.79 Å². The summed E-state index contributed by atoms with van der Waals surface area (Å²) in [5, 5.41) is 6.73. The van der Waals surface area contributed by atoms with Crippen molar-refractivity contribution in [1.82, 2.24) is 25.0 Å². The molecule has 1 amide bonds. The van der Waals surface area contributed by atoms with E-state index in [4.69, 9.17) is 4.74 Å². The van der Waals surface area contributed by atoms with Crippen LogP contribution in [0.25, 0.3) is 11.4 Å². The molecule has 0 aliphatic carbocycles. The van der Waals surface area contributed by atoms with E-state index < -0.39 is 0 Å². The van der Waals surface area contributed by atoms with Gasteiger partial charge in [-0.1, -0.05) is 12.1 Å². The lowest BCUT2D eigenvalue weighted by Gasteiger charge is -2.37. The number of aromatic amines is 1. The number of carbonyl (C=O) groups is 1. The Morgan fingerprint density at radius 1 is 1.15 bits per heavy atom. The number of rotatable bonds is 5. The van der Waals surface area contributed by atoms with Gasteiger partial charge < -0.3 is 9.64 Å². The highest BCUT2D eigenvalue weighted by atomic mass is 16.5. The molecule has 27 heavy (non-hydrogen) atoms. The molecule has 4 rings (SSSR count). The molecule has 1 atom stereocenters. The number of amides is 1. The van der Waals surface area contributed by atoms with Gasteiger partial charge in [0, 0.05) is 43.3 Å². The number of benzene rings is 1. The third-order valence-electron chi connectivity index (χ3n) is 5.59. The average Bonchev–Trinajstić information content (AvgIpc) is 3.28. The van der Waals surface area contributed by atoms with Crippen LogP contribution in [-0.4, -0.2) is 76.3 Å². The molecule has 0 bridgehead atoms. The van der Waals surface area contributed by atoms with E-state index in [1.54, 1.807) is 0 Å². The molecule has 0 unspecified atom stereocenters. The number of likely N-dealkylation sites (tertiary alicyclic amines) is 1. The van der Waals surface area contributed by atoms with E-state index in [0.717, 1.165) is 75.6 Å². The van der Waals surface area contributed by atoms with Gasteiger partial charge >= 0.3 is 0 Å². The number of carbonyl (C=O) groups excluding carboxylic acids is 1. The monoisotopic (exact) mass is 369 g/mol. The number of nitrogens with zero attached hydrogens (tertiary/aromatic N) is 4. The van der Waals surface area contributed by atoms with Crippen molar-refractivity contribution in [2.24, 2.45) is 0 Å². The molecule has 2 saturated heterocycles. The predicted octanol–water partition coefficient (Wildman–Crippen LogP) is 2.19. The lowest BCUT2D eigenvalue weighted by atomic mass is 9.97. The Morgan fingerprint density at radius 2 is 1.96 bits per heavy atom. The SMILES string of the molecule is O=C(c1ccc(-c2ncn[nH]2)cc1)N1CCCC[C@@H]1CCN1CCOCC1. The van der Waals surface area contributed by atoms with Gasteiger partial charge in [-0.2, -0.15) is 5.10 Å². The smallest absolute Gasteiger partial charge is 0.254 e. The van der Waals surface area contributed by atoms with Gasteiger partial charge in [0.2, 0.25) is 0 Å². The van der Waals surface area contributed by atoms with E-state index in [1.807, 2.05) is 24.3 Å². The van der Waals surface area contributed by atoms with Crippen molar-refractivity contribution in [3.8, 4) is 11.4 Å². The van der Waals surface area contributed by atoms with Gasteiger partial charge in [0.05, 0.1) is 13.2 Å². The molecule has 0 radical (unpaired) electrons. The van der Waals surface area contributed by atoms with Crippen LogP contribution in [0.4, 0.5) is 0 Å². The maximum atomic E-state index is 13.1. The molecule has 0 spiro atoms. The van der Waals surface area contributed by atoms with Gasteiger partial charge in [-0.15, -0.1) is 0 Å². The Morgan fingerprint density at radius 3 is 2.70 bits per heavy atom. The van der Waals surface area contributed by atoms with Crippen molar-refractivity contribution in [2.75, 3.05) is 39.4 Å². The van der Waals surface area contributed by atoms with Crippen LogP contribution in [0.2, 0.25) is 0 Å². The second-order valence-electron chi connectivity index (χ2n) is 7.30. The van der Waals surface area contributed by atoms with Crippen molar-refractivity contribution >= 4 is 5.91 Å². The number of ether oxygens (including phenoxy) is 1. The Balaban J connectivity index is 1.40. The molecular formula is C20H27N5O2. The minimum Gasteiger partial charge on any atom is -0.379 e. The summed E-state index contributed by atoms with van der Waals surface area (Å²) in [7, 11) is 0. The molecule has 7 heteroatoms. The summed E-state index contributed by atoms with van der Waals surface area (Å²) in [6, 6.07) is 7.99. The third kappa shape index (κ3) is 4.36. The van der Waals surface area contributed by atoms with Crippen molar-refractivity contribution in [1.29, 1.82) is 0 Å². The highest BCUT2D eigenvalue weighted by Gasteiger charge is 2.28. The number of hydrogen-bond donors (Lipinski definition) is 1. The van der Waals surface area contributed by atoms with Gasteiger partial charge in [0.25, 0.3) is 5.91 Å². The van der Waals surface area contributed by atoms with Crippen LogP contribution in [0.3, 0.4) is 0 Å². The summed E-state index contributed by atoms with van der Waals surface area (Å²) in [6.07, 6.45) is 5.94. The van der Waals surface area contributed by atoms with Gasteiger partial charge in [-0.3, -0.25) is 14.8 Å². The molecule has 2 aromatic rings. The van der Waals surface area contributed by atoms with Crippen molar-refractivity contribution < 1.29 is 9.53 Å². The number of hydrogen-bond acceptors (Lipinski definition) is 5. The molecule has 1 aromatic heterocycles. The average molecular weight is 369 g/mol. The van der Waals surface area contributed by atoms with Crippen LogP contribution < -0.4 is 0 Å². The molecule has 1 N–H and O–H groups in total. The first-order chi connectivity index (χ1) is 13.3. The molecule has 1 aromatic carbocycles. The van der Waals surface area contributed by atoms with E-state index in [0.29, 0.717) is 6.04 Å². The fourth-order valence-electron chi connectivity index (χ4n) is 4.01. The van der Waals surface area contributed by atoms with E-state index in [1.165, 1.54) is 12.7 Å². The largest absolute Gasteiger partial charge is 0.379 e. The normalized spacial score (nSPS) is 21.3. The molecular weight excluding hydrogens is 342 g/mol. The zero-order valence-electron chi connectivity index (χ0n) is 15.6. The van der Waals surface area contributed by atoms with Gasteiger partial charge in [0.15, 0.2) is 5.82 Å². The van der Waals surface area contributed by atoms with Crippen LogP contribution >= 0.6 is 0 Å². The standard InChI is InChI=1S/C20H27N5O2/c26-20(17-6-4-16(5-7-17)19-21-15-22-23-19)25-9-2-1-3-18(25)8-10-24-11-13-27-14-12-24/h4-7,15,18H,1-3,8-14H2,(H,21,22,23)/t18-/m1/s1. The predicted molar refractivity (Wildman–Crippen MR) is 102 cm³/mol. The summed E-state index contributed by atoms with van der Waals surface area (Å²) < 4.78 is 5.43. The Hall–Kier alpha value is -2.25. The molecule has 7 nitrogen and oxygen atoms in total. The van der Waals surface area contributed by atoms with E-state index >= 15 is 0 Å². The Bertz CT molecular complexity index is 725. The minimum absolute atomic E-state index is 0.144. The first-order valence-electron chi connectivity index (χ1n) is 9.88. The summed E-state index contributed by atoms with van der Waals surface area (Å²) >= 11 is 0. The van der Waals surface area contributed by atoms with Crippen molar-refractivity contribution in [3.05, 3.63) is 36.2 Å². The first-order valence-corrected chi connectivity index (χ1v) is 9.88. The highest BCUT2D eigenvalue weighted by Crippen LogP contribution is 2.23. The maximum Gasteiger partial charge on any atom is 0.254 e. The van der Waals surface area contributed by atoms with Gasteiger partial charge in [-0.05, 0) is 37.8 Å². The fraction of sp³-hybridized carbons (Fsp3) is 0.550. The zero-order chi connectivity index (χ0) is 18.5. The molecule has 144 valence electrons. The van der Waals surface area contributed by atoms with Crippen LogP contribution in [0.5, 0.6) is 0 Å². The molecule has 2 aliphatic rings. The summed E-state index contributed by atoms with van der Waals surface area (Å²) in [4.78, 5) is 21.8. The molecule has 3 heterocycles. The Labute approximate surface area is 159 Å². The first kappa shape index (κ1) is 18.1. The zero-order valence-corrected chi connectivity index (χ0v) is 15.6. The van der Waals surface area contributed by atoms with Crippen LogP contribution in [0, 0.1) is 0 Å². The minimum atomic E-state index is 0.144. The Kier molecular flexibility index (Phi) is 5.79. The van der Waals surface area contributed by atoms with Gasteiger partial charge in [-0.25, -0.2) is 4.98 Å². The van der Waals surface area contributed by atoms with E-state index in [-0.39, 0.29) is 5.91 Å². The fourth-order valence-corrected chi connectivity index (χ4v) is 4.01. The van der Waals surface area contributed by atoms with Crippen LogP contribution in [-0.2, 0) is 4.74 Å². The van der Waals surface area contributed by atoms with Crippen molar-refractivity contribution in [3.63, 3.8) is 0 Å². The number of H-pyrrole nitrogens is 1. The molecule has 0 saturated carbocycles. The topological polar surface area (TPSA) is 74.4 Å². The number of morpholine rings is 1. The van der Waals surface area contributed by atoms with Crippen LogP contribution in [0.1, 0.15) is 36.0 Å².